The lowest BCUT2D eigenvalue weighted by Gasteiger charge is -2.25. The van der Waals surface area contributed by atoms with Crippen molar-refractivity contribution in [1.82, 2.24) is 4.98 Å². The third kappa shape index (κ3) is 3.26. The summed E-state index contributed by atoms with van der Waals surface area (Å²) in [5.41, 5.74) is 3.03. The van der Waals surface area contributed by atoms with Gasteiger partial charge in [-0.25, -0.2) is 4.98 Å². The van der Waals surface area contributed by atoms with Crippen molar-refractivity contribution in [2.24, 2.45) is 0 Å². The molecule has 0 radical (unpaired) electrons. The molecule has 0 amide bonds. The highest BCUT2D eigenvalue weighted by Gasteiger charge is 2.14. The van der Waals surface area contributed by atoms with Crippen LogP contribution in [0, 0.1) is 6.92 Å². The van der Waals surface area contributed by atoms with E-state index in [1.807, 2.05) is 20.0 Å². The van der Waals surface area contributed by atoms with Gasteiger partial charge in [0.1, 0.15) is 5.15 Å². The fraction of sp³-hybridized carbons (Fsp3) is 0.357. The summed E-state index contributed by atoms with van der Waals surface area (Å²) in [5, 5.41) is 3.68. The van der Waals surface area contributed by atoms with Gasteiger partial charge in [0.2, 0.25) is 0 Å². The van der Waals surface area contributed by atoms with Gasteiger partial charge in [0.25, 0.3) is 0 Å². The van der Waals surface area contributed by atoms with Gasteiger partial charge in [0.15, 0.2) is 5.82 Å². The Kier molecular flexibility index (Phi) is 5.23. The van der Waals surface area contributed by atoms with Gasteiger partial charge in [-0.3, -0.25) is 0 Å². The Morgan fingerprint density at radius 2 is 2.28 bits per heavy atom. The first kappa shape index (κ1) is 14.6. The largest absolute Gasteiger partial charge is 0.385 e. The number of nitrogens with one attached hydrogen (secondary N) is 1. The number of likely N-dealkylation sites (N-methyl/N-ethyl adjacent to an activating group) is 1. The molecule has 0 aliphatic carbocycles. The molecule has 0 saturated carbocycles. The molecule has 98 valence electrons. The zero-order chi connectivity index (χ0) is 13.7. The lowest BCUT2D eigenvalue weighted by molar-refractivity contribution is 0.869. The quantitative estimate of drug-likeness (QED) is 0.629. The van der Waals surface area contributed by atoms with Crippen molar-refractivity contribution < 1.29 is 0 Å². The highest BCUT2D eigenvalue weighted by Crippen LogP contribution is 2.29. The molecule has 1 heterocycles. The van der Waals surface area contributed by atoms with Crippen LogP contribution < -0.4 is 10.2 Å². The minimum Gasteiger partial charge on any atom is -0.385 e. The number of hydrogen-bond acceptors (Lipinski definition) is 3. The lowest BCUT2D eigenvalue weighted by atomic mass is 10.2. The van der Waals surface area contributed by atoms with E-state index in [4.69, 9.17) is 11.6 Å². The van der Waals surface area contributed by atoms with Gasteiger partial charge in [0.05, 0.1) is 5.69 Å². The minimum absolute atomic E-state index is 0.504. The van der Waals surface area contributed by atoms with E-state index in [2.05, 4.69) is 35.3 Å². The van der Waals surface area contributed by atoms with Crippen LogP contribution in [0.15, 0.2) is 30.9 Å². The van der Waals surface area contributed by atoms with Gasteiger partial charge < -0.3 is 10.2 Å². The Labute approximate surface area is 114 Å². The van der Waals surface area contributed by atoms with Crippen LogP contribution in [-0.2, 0) is 0 Å². The van der Waals surface area contributed by atoms with Gasteiger partial charge >= 0.3 is 0 Å². The summed E-state index contributed by atoms with van der Waals surface area (Å²) in [5.74, 6) is 0.855. The van der Waals surface area contributed by atoms with E-state index in [-0.39, 0.29) is 0 Å². The van der Waals surface area contributed by atoms with Crippen LogP contribution >= 0.6 is 11.6 Å². The minimum atomic E-state index is 0.504. The summed E-state index contributed by atoms with van der Waals surface area (Å²) in [6.07, 6.45) is 1.76. The third-order valence-electron chi connectivity index (χ3n) is 2.78. The molecule has 18 heavy (non-hydrogen) atoms. The highest BCUT2D eigenvalue weighted by atomic mass is 35.5. The predicted octanol–water partition coefficient (Wildman–Crippen LogP) is 3.65. The molecule has 0 saturated heterocycles. The van der Waals surface area contributed by atoms with Crippen molar-refractivity contribution >= 4 is 23.1 Å². The average molecular weight is 266 g/mol. The summed E-state index contributed by atoms with van der Waals surface area (Å²) in [6.45, 7) is 13.3. The van der Waals surface area contributed by atoms with E-state index in [0.717, 1.165) is 29.2 Å². The summed E-state index contributed by atoms with van der Waals surface area (Å²) in [6, 6.07) is 1.85. The lowest BCUT2D eigenvalue weighted by Crippen LogP contribution is -2.26. The van der Waals surface area contributed by atoms with Crippen LogP contribution in [0.2, 0.25) is 5.15 Å². The second-order valence-corrected chi connectivity index (χ2v) is 4.47. The van der Waals surface area contributed by atoms with E-state index in [9.17, 15) is 0 Å². The van der Waals surface area contributed by atoms with Crippen molar-refractivity contribution in [1.29, 1.82) is 0 Å². The fourth-order valence-electron chi connectivity index (χ4n) is 1.80. The molecular weight excluding hydrogens is 246 g/mol. The molecule has 4 heteroatoms. The zero-order valence-corrected chi connectivity index (χ0v) is 12.0. The third-order valence-corrected chi connectivity index (χ3v) is 2.97. The number of halogens is 1. The Hall–Kier alpha value is -1.48. The number of pyridine rings is 1. The average Bonchev–Trinajstić information content (AvgIpc) is 2.34. The Balaban J connectivity index is 3.19. The van der Waals surface area contributed by atoms with Crippen LogP contribution in [0.5, 0.6) is 0 Å². The maximum absolute atomic E-state index is 6.04. The van der Waals surface area contributed by atoms with Crippen LogP contribution in [0.3, 0.4) is 0 Å². The van der Waals surface area contributed by atoms with Crippen molar-refractivity contribution in [2.45, 2.75) is 13.8 Å². The molecular formula is C14H20ClN3. The van der Waals surface area contributed by atoms with Gasteiger partial charge in [-0.2, -0.15) is 0 Å². The molecule has 0 spiro atoms. The fourth-order valence-corrected chi connectivity index (χ4v) is 2.04. The number of anilines is 2. The predicted molar refractivity (Wildman–Crippen MR) is 80.8 cm³/mol. The molecule has 1 aromatic heterocycles. The van der Waals surface area contributed by atoms with Crippen LogP contribution in [-0.4, -0.2) is 25.1 Å². The Morgan fingerprint density at radius 1 is 1.61 bits per heavy atom. The SMILES string of the molecule is C=CC(=C)CN(CC)c1nc(Cl)cc(C)c1NC. The standard InChI is InChI=1S/C14H20ClN3/c1-6-10(3)9-18(7-2)14-13(16-5)11(4)8-12(15)17-14/h6,8,16H,1,3,7,9H2,2,4-5H3. The molecule has 0 atom stereocenters. The van der Waals surface area contributed by atoms with Gasteiger partial charge in [0, 0.05) is 20.1 Å². The van der Waals surface area contributed by atoms with E-state index in [1.54, 1.807) is 6.08 Å². The molecule has 3 nitrogen and oxygen atoms in total. The normalized spacial score (nSPS) is 10.0. The molecule has 1 aromatic rings. The second-order valence-electron chi connectivity index (χ2n) is 4.09. The Morgan fingerprint density at radius 3 is 2.78 bits per heavy atom. The van der Waals surface area contributed by atoms with Gasteiger partial charge in [-0.15, -0.1) is 0 Å². The number of rotatable bonds is 6. The van der Waals surface area contributed by atoms with Crippen molar-refractivity contribution in [2.75, 3.05) is 30.4 Å². The summed E-state index contributed by atoms with van der Waals surface area (Å²) >= 11 is 6.04. The van der Waals surface area contributed by atoms with E-state index < -0.39 is 0 Å². The maximum atomic E-state index is 6.04. The summed E-state index contributed by atoms with van der Waals surface area (Å²) in [7, 11) is 1.89. The smallest absolute Gasteiger partial charge is 0.154 e. The van der Waals surface area contributed by atoms with E-state index in [0.29, 0.717) is 11.7 Å². The zero-order valence-electron chi connectivity index (χ0n) is 11.3. The molecule has 0 fully saturated rings. The van der Waals surface area contributed by atoms with Crippen molar-refractivity contribution in [3.05, 3.63) is 41.6 Å². The second kappa shape index (κ2) is 6.45. The number of aromatic nitrogens is 1. The first-order valence-electron chi connectivity index (χ1n) is 5.93. The van der Waals surface area contributed by atoms with Gasteiger partial charge in [-0.05, 0) is 31.1 Å². The number of hydrogen-bond donors (Lipinski definition) is 1. The highest BCUT2D eigenvalue weighted by molar-refractivity contribution is 6.29. The van der Waals surface area contributed by atoms with Crippen molar-refractivity contribution in [3.63, 3.8) is 0 Å². The van der Waals surface area contributed by atoms with E-state index in [1.165, 1.54) is 0 Å². The Bertz CT molecular complexity index is 455. The monoisotopic (exact) mass is 265 g/mol. The first-order chi connectivity index (χ1) is 8.53. The molecule has 1 rings (SSSR count). The van der Waals surface area contributed by atoms with Crippen molar-refractivity contribution in [3.8, 4) is 0 Å². The maximum Gasteiger partial charge on any atom is 0.154 e. The number of aryl methyl sites for hydroxylation is 1. The summed E-state index contributed by atoms with van der Waals surface area (Å²) in [4.78, 5) is 6.54. The number of nitrogens with zero attached hydrogens (tertiary/aromatic N) is 2. The molecule has 0 aromatic carbocycles. The van der Waals surface area contributed by atoms with Crippen LogP contribution in [0.25, 0.3) is 0 Å². The molecule has 0 aliphatic heterocycles. The first-order valence-corrected chi connectivity index (χ1v) is 6.31. The summed E-state index contributed by atoms with van der Waals surface area (Å²) < 4.78 is 0. The topological polar surface area (TPSA) is 28.2 Å². The van der Waals surface area contributed by atoms with Crippen LogP contribution in [0.1, 0.15) is 12.5 Å². The molecule has 0 aliphatic rings. The van der Waals surface area contributed by atoms with E-state index >= 15 is 0 Å². The van der Waals surface area contributed by atoms with Crippen LogP contribution in [0.4, 0.5) is 11.5 Å². The molecule has 0 bridgehead atoms. The molecule has 1 N–H and O–H groups in total. The van der Waals surface area contributed by atoms with Gasteiger partial charge in [-0.1, -0.05) is 30.8 Å². The molecule has 0 unspecified atom stereocenters.